The summed E-state index contributed by atoms with van der Waals surface area (Å²) in [5, 5.41) is 0. The fourth-order valence-electron chi connectivity index (χ4n) is 3.23. The molecule has 2 aromatic rings. The number of carbonyl (C=O) groups is 2. The minimum absolute atomic E-state index is 0.00606. The number of rotatable bonds is 4. The minimum Gasteiger partial charge on any atom is -0.367 e. The van der Waals surface area contributed by atoms with Crippen molar-refractivity contribution >= 4 is 43.6 Å². The number of hydrogen-bond acceptors (Lipinski definition) is 5. The lowest BCUT2D eigenvalue weighted by atomic mass is 10.1. The molecule has 0 saturated carbocycles. The number of hydrogen-bond donors (Lipinski definition) is 0. The molecule has 1 amide bonds. The number of nitrogens with zero attached hydrogens (tertiary/aromatic N) is 2. The third-order valence-electron chi connectivity index (χ3n) is 4.72. The average molecular weight is 505 g/mol. The number of aldehydes is 1. The zero-order chi connectivity index (χ0) is 22.1. The summed E-state index contributed by atoms with van der Waals surface area (Å²) < 4.78 is 64.6. The van der Waals surface area contributed by atoms with E-state index in [1.165, 1.54) is 30.3 Å². The van der Waals surface area contributed by atoms with Gasteiger partial charge in [-0.3, -0.25) is 9.59 Å². The lowest BCUT2D eigenvalue weighted by Crippen LogP contribution is -2.52. The molecule has 1 aliphatic heterocycles. The lowest BCUT2D eigenvalue weighted by molar-refractivity contribution is -0.185. The summed E-state index contributed by atoms with van der Waals surface area (Å²) >= 11 is 3.23. The highest BCUT2D eigenvalue weighted by Crippen LogP contribution is 2.31. The van der Waals surface area contributed by atoms with Gasteiger partial charge in [0.05, 0.1) is 15.4 Å². The van der Waals surface area contributed by atoms with E-state index in [2.05, 4.69) is 15.9 Å². The van der Waals surface area contributed by atoms with Crippen molar-refractivity contribution in [3.05, 3.63) is 52.5 Å². The van der Waals surface area contributed by atoms with Gasteiger partial charge in [-0.05, 0) is 36.4 Å². The Hall–Kier alpha value is -2.40. The highest BCUT2D eigenvalue weighted by atomic mass is 79.9. The van der Waals surface area contributed by atoms with Crippen molar-refractivity contribution in [1.82, 2.24) is 4.90 Å². The molecular weight excluding hydrogens is 489 g/mol. The quantitative estimate of drug-likeness (QED) is 0.597. The summed E-state index contributed by atoms with van der Waals surface area (Å²) in [6.45, 7) is -0.324. The molecule has 0 aromatic heterocycles. The average Bonchev–Trinajstić information content (AvgIpc) is 2.72. The lowest BCUT2D eigenvalue weighted by Gasteiger charge is -2.37. The van der Waals surface area contributed by atoms with Crippen LogP contribution in [-0.4, -0.2) is 57.9 Å². The monoisotopic (exact) mass is 504 g/mol. The van der Waals surface area contributed by atoms with Crippen molar-refractivity contribution in [2.24, 2.45) is 0 Å². The molecule has 30 heavy (non-hydrogen) atoms. The molecule has 0 N–H and O–H groups in total. The smallest absolute Gasteiger partial charge is 0.367 e. The van der Waals surface area contributed by atoms with Crippen LogP contribution in [0.1, 0.15) is 10.4 Å². The van der Waals surface area contributed by atoms with Gasteiger partial charge in [-0.25, -0.2) is 8.42 Å². The first kappa shape index (κ1) is 22.3. The van der Waals surface area contributed by atoms with Crippen molar-refractivity contribution in [1.29, 1.82) is 0 Å². The number of amides is 1. The third kappa shape index (κ3) is 4.36. The molecule has 1 heterocycles. The van der Waals surface area contributed by atoms with E-state index in [9.17, 15) is 31.2 Å². The second kappa shape index (κ2) is 8.38. The Labute approximate surface area is 179 Å². The Morgan fingerprint density at radius 3 is 2.13 bits per heavy atom. The Kier molecular flexibility index (Phi) is 6.23. The molecule has 1 fully saturated rings. The van der Waals surface area contributed by atoms with Gasteiger partial charge in [-0.2, -0.15) is 13.2 Å². The topological polar surface area (TPSA) is 74.8 Å². The predicted octanol–water partition coefficient (Wildman–Crippen LogP) is 3.31. The van der Waals surface area contributed by atoms with Crippen molar-refractivity contribution in [2.75, 3.05) is 31.1 Å². The number of alkyl halides is 3. The number of carbonyl (C=O) groups excluding carboxylic acids is 2. The van der Waals surface area contributed by atoms with Crippen LogP contribution in [0.5, 0.6) is 0 Å². The highest BCUT2D eigenvalue weighted by molar-refractivity contribution is 9.10. The van der Waals surface area contributed by atoms with Gasteiger partial charge in [0.1, 0.15) is 0 Å². The van der Waals surface area contributed by atoms with E-state index in [1.807, 2.05) is 0 Å². The summed E-state index contributed by atoms with van der Waals surface area (Å²) in [5.74, 6) is -1.91. The first-order valence-corrected chi connectivity index (χ1v) is 11.0. The standard InChI is InChI=1S/C19H16BrF3N2O4S/c20-13-4-6-14(7-5-13)30(28,29)17-3-1-2-16(15(17)12-26)24-8-10-25(11-9-24)18(27)19(21,22)23/h1-7,12H,8-11H2. The fraction of sp³-hybridized carbons (Fsp3) is 0.263. The van der Waals surface area contributed by atoms with Crippen LogP contribution in [0.2, 0.25) is 0 Å². The molecule has 3 rings (SSSR count). The summed E-state index contributed by atoms with van der Waals surface area (Å²) in [5.41, 5.74) is 0.221. The van der Waals surface area contributed by atoms with E-state index >= 15 is 0 Å². The molecule has 11 heteroatoms. The van der Waals surface area contributed by atoms with E-state index in [0.29, 0.717) is 21.3 Å². The molecule has 0 atom stereocenters. The molecule has 0 radical (unpaired) electrons. The maximum absolute atomic E-state index is 13.0. The normalized spacial score (nSPS) is 15.2. The van der Waals surface area contributed by atoms with Crippen LogP contribution in [0.15, 0.2) is 56.7 Å². The molecule has 0 bridgehead atoms. The Morgan fingerprint density at radius 1 is 1.00 bits per heavy atom. The molecule has 2 aromatic carbocycles. The van der Waals surface area contributed by atoms with Crippen molar-refractivity contribution in [3.63, 3.8) is 0 Å². The zero-order valence-electron chi connectivity index (χ0n) is 15.4. The van der Waals surface area contributed by atoms with Crippen LogP contribution in [0.4, 0.5) is 18.9 Å². The van der Waals surface area contributed by atoms with Gasteiger partial charge in [0.25, 0.3) is 0 Å². The molecule has 1 saturated heterocycles. The molecule has 1 aliphatic rings. The summed E-state index contributed by atoms with van der Waals surface area (Å²) in [6.07, 6.45) is -4.52. The van der Waals surface area contributed by atoms with E-state index in [-0.39, 0.29) is 41.5 Å². The number of anilines is 1. The maximum atomic E-state index is 13.0. The zero-order valence-corrected chi connectivity index (χ0v) is 17.8. The van der Waals surface area contributed by atoms with Crippen LogP contribution >= 0.6 is 15.9 Å². The SMILES string of the molecule is O=Cc1c(N2CCN(C(=O)C(F)(F)F)CC2)cccc1S(=O)(=O)c1ccc(Br)cc1. The van der Waals surface area contributed by atoms with Crippen molar-refractivity contribution < 1.29 is 31.2 Å². The summed E-state index contributed by atoms with van der Waals surface area (Å²) in [6, 6.07) is 10.3. The molecule has 6 nitrogen and oxygen atoms in total. The van der Waals surface area contributed by atoms with Crippen LogP contribution < -0.4 is 4.90 Å². The van der Waals surface area contributed by atoms with E-state index < -0.39 is 21.9 Å². The molecule has 0 aliphatic carbocycles. The number of benzene rings is 2. The van der Waals surface area contributed by atoms with Gasteiger partial charge in [-0.1, -0.05) is 22.0 Å². The van der Waals surface area contributed by atoms with E-state index in [1.54, 1.807) is 17.0 Å². The predicted molar refractivity (Wildman–Crippen MR) is 106 cm³/mol. The van der Waals surface area contributed by atoms with Gasteiger partial charge in [0.2, 0.25) is 9.84 Å². The summed E-state index contributed by atoms with van der Waals surface area (Å²) in [7, 11) is -4.00. The Balaban J connectivity index is 1.91. The largest absolute Gasteiger partial charge is 0.471 e. The first-order chi connectivity index (χ1) is 14.1. The van der Waals surface area contributed by atoms with Crippen molar-refractivity contribution in [3.8, 4) is 0 Å². The third-order valence-corrected chi connectivity index (χ3v) is 7.08. The molecule has 0 unspecified atom stereocenters. The van der Waals surface area contributed by atoms with Gasteiger partial charge in [-0.15, -0.1) is 0 Å². The van der Waals surface area contributed by atoms with Crippen molar-refractivity contribution in [2.45, 2.75) is 16.0 Å². The fourth-order valence-corrected chi connectivity index (χ4v) is 4.94. The highest BCUT2D eigenvalue weighted by Gasteiger charge is 2.43. The molecule has 160 valence electrons. The van der Waals surface area contributed by atoms with Gasteiger partial charge in [0.15, 0.2) is 6.29 Å². The number of halogens is 4. The Bertz CT molecular complexity index is 1060. The van der Waals surface area contributed by atoms with Crippen LogP contribution in [0, 0.1) is 0 Å². The van der Waals surface area contributed by atoms with Gasteiger partial charge in [0, 0.05) is 36.3 Å². The van der Waals surface area contributed by atoms with Gasteiger partial charge >= 0.3 is 12.1 Å². The van der Waals surface area contributed by atoms with E-state index in [0.717, 1.165) is 0 Å². The first-order valence-electron chi connectivity index (χ1n) is 8.75. The number of sulfone groups is 1. The van der Waals surface area contributed by atoms with Crippen LogP contribution in [0.3, 0.4) is 0 Å². The second-order valence-electron chi connectivity index (χ2n) is 6.54. The Morgan fingerprint density at radius 2 is 1.60 bits per heavy atom. The molecular formula is C19H16BrF3N2O4S. The second-order valence-corrected chi connectivity index (χ2v) is 9.37. The van der Waals surface area contributed by atoms with Crippen LogP contribution in [0.25, 0.3) is 0 Å². The number of piperazine rings is 1. The van der Waals surface area contributed by atoms with E-state index in [4.69, 9.17) is 0 Å². The minimum atomic E-state index is -4.95. The van der Waals surface area contributed by atoms with Gasteiger partial charge < -0.3 is 9.80 Å². The maximum Gasteiger partial charge on any atom is 0.471 e. The summed E-state index contributed by atoms with van der Waals surface area (Å²) in [4.78, 5) is 25.3. The molecule has 0 spiro atoms. The van der Waals surface area contributed by atoms with Crippen LogP contribution in [-0.2, 0) is 14.6 Å².